The molecule has 3 N–H and O–H groups in total. The normalized spacial score (nSPS) is 27.8. The number of nitrogens with one attached hydrogen (secondary N) is 3. The summed E-state index contributed by atoms with van der Waals surface area (Å²) in [5.41, 5.74) is 0.618. The third kappa shape index (κ3) is 5.16. The number of hydrogen-bond donors (Lipinski definition) is 3. The Bertz CT molecular complexity index is 576. The molecule has 3 rings (SSSR count). The van der Waals surface area contributed by atoms with Gasteiger partial charge in [-0.2, -0.15) is 0 Å². The Hall–Kier alpha value is -1.69. The van der Waals surface area contributed by atoms with Gasteiger partial charge in [0, 0.05) is 19.6 Å². The summed E-state index contributed by atoms with van der Waals surface area (Å²) >= 11 is 0. The first-order valence-electron chi connectivity index (χ1n) is 10.1. The summed E-state index contributed by atoms with van der Waals surface area (Å²) in [5.74, 6) is 2.30. The number of nitrogens with zero attached hydrogens (tertiary/aromatic N) is 2. The summed E-state index contributed by atoms with van der Waals surface area (Å²) in [5, 5.41) is 17.7. The topological polar surface area (TPSA) is 78.9 Å². The van der Waals surface area contributed by atoms with Gasteiger partial charge >= 0.3 is 0 Å². The number of likely N-dealkylation sites (N-methyl/N-ethyl adjacent to an activating group) is 1. The predicted molar refractivity (Wildman–Crippen MR) is 104 cm³/mol. The first-order valence-corrected chi connectivity index (χ1v) is 10.1. The number of fused-ring (bicyclic) bond motifs is 2. The van der Waals surface area contributed by atoms with Crippen LogP contribution in [0.1, 0.15) is 62.9 Å². The fourth-order valence-electron chi connectivity index (χ4n) is 4.78. The van der Waals surface area contributed by atoms with Gasteiger partial charge in [0.2, 0.25) is 0 Å². The van der Waals surface area contributed by atoms with Crippen molar-refractivity contribution in [3.63, 3.8) is 0 Å². The molecule has 6 nitrogen and oxygen atoms in total. The van der Waals surface area contributed by atoms with Crippen molar-refractivity contribution in [3.05, 3.63) is 17.8 Å². The van der Waals surface area contributed by atoms with E-state index in [4.69, 9.17) is 0 Å². The minimum atomic E-state index is -0.117. The van der Waals surface area contributed by atoms with Crippen LogP contribution in [-0.4, -0.2) is 42.3 Å². The quantitative estimate of drug-likeness (QED) is 0.622. The van der Waals surface area contributed by atoms with Crippen LogP contribution in [0.4, 0.5) is 5.82 Å². The van der Waals surface area contributed by atoms with Crippen molar-refractivity contribution < 1.29 is 4.79 Å². The number of hydrogen-bond acceptors (Lipinski definition) is 5. The van der Waals surface area contributed by atoms with E-state index in [0.29, 0.717) is 11.5 Å². The Morgan fingerprint density at radius 3 is 2.62 bits per heavy atom. The Kier molecular flexibility index (Phi) is 6.46. The van der Waals surface area contributed by atoms with Crippen molar-refractivity contribution in [2.24, 2.45) is 17.3 Å². The summed E-state index contributed by atoms with van der Waals surface area (Å²) in [6.07, 6.45) is 8.01. The number of carbonyl (C=O) groups excluding carboxylic acids is 1. The Labute approximate surface area is 156 Å². The first-order chi connectivity index (χ1) is 12.6. The van der Waals surface area contributed by atoms with Crippen molar-refractivity contribution in [2.45, 2.75) is 52.4 Å². The van der Waals surface area contributed by atoms with Gasteiger partial charge in [-0.15, -0.1) is 10.2 Å². The van der Waals surface area contributed by atoms with Crippen molar-refractivity contribution in [1.82, 2.24) is 20.8 Å². The van der Waals surface area contributed by atoms with E-state index in [1.807, 2.05) is 6.07 Å². The van der Waals surface area contributed by atoms with Crippen LogP contribution in [0.2, 0.25) is 0 Å². The fraction of sp³-hybridized carbons (Fsp3) is 0.750. The maximum atomic E-state index is 12.4. The van der Waals surface area contributed by atoms with Gasteiger partial charge in [0.15, 0.2) is 5.69 Å². The molecule has 1 heterocycles. The lowest BCUT2D eigenvalue weighted by Gasteiger charge is -2.45. The number of anilines is 1. The second kappa shape index (κ2) is 8.80. The number of aromatic nitrogens is 2. The van der Waals surface area contributed by atoms with Gasteiger partial charge in [-0.25, -0.2) is 0 Å². The molecule has 144 valence electrons. The smallest absolute Gasteiger partial charge is 0.271 e. The van der Waals surface area contributed by atoms with Crippen LogP contribution < -0.4 is 16.0 Å². The highest BCUT2D eigenvalue weighted by molar-refractivity contribution is 5.92. The lowest BCUT2D eigenvalue weighted by molar-refractivity contribution is 0.0631. The van der Waals surface area contributed by atoms with Crippen LogP contribution in [-0.2, 0) is 0 Å². The zero-order valence-electron chi connectivity index (χ0n) is 16.2. The molecule has 2 aliphatic rings. The molecule has 1 amide bonds. The van der Waals surface area contributed by atoms with Crippen molar-refractivity contribution >= 4 is 11.7 Å². The van der Waals surface area contributed by atoms with Gasteiger partial charge in [-0.1, -0.05) is 33.1 Å². The van der Waals surface area contributed by atoms with Crippen LogP contribution in [0.15, 0.2) is 12.1 Å². The van der Waals surface area contributed by atoms with E-state index in [9.17, 15) is 4.79 Å². The number of rotatable bonds is 8. The molecule has 2 bridgehead atoms. The highest BCUT2D eigenvalue weighted by Crippen LogP contribution is 2.48. The van der Waals surface area contributed by atoms with Crippen LogP contribution in [0.25, 0.3) is 0 Å². The van der Waals surface area contributed by atoms with E-state index in [-0.39, 0.29) is 11.3 Å². The molecule has 0 spiro atoms. The molecule has 1 aromatic rings. The molecule has 2 unspecified atom stereocenters. The third-order valence-electron chi connectivity index (χ3n) is 5.89. The third-order valence-corrected chi connectivity index (χ3v) is 5.89. The lowest BCUT2D eigenvalue weighted by Crippen LogP contribution is -2.42. The lowest BCUT2D eigenvalue weighted by atomic mass is 9.61. The molecule has 6 heteroatoms. The highest BCUT2D eigenvalue weighted by atomic mass is 16.1. The molecule has 0 aliphatic heterocycles. The summed E-state index contributed by atoms with van der Waals surface area (Å²) in [7, 11) is 0. The van der Waals surface area contributed by atoms with Crippen LogP contribution >= 0.6 is 0 Å². The van der Waals surface area contributed by atoms with E-state index >= 15 is 0 Å². The molecule has 2 saturated carbocycles. The van der Waals surface area contributed by atoms with Crippen LogP contribution in [0.3, 0.4) is 0 Å². The maximum Gasteiger partial charge on any atom is 0.271 e. The molecule has 0 radical (unpaired) electrons. The molecule has 2 fully saturated rings. The van der Waals surface area contributed by atoms with Gasteiger partial charge < -0.3 is 16.0 Å². The highest BCUT2D eigenvalue weighted by Gasteiger charge is 2.39. The number of carbonyl (C=O) groups is 1. The van der Waals surface area contributed by atoms with E-state index in [0.717, 1.165) is 38.0 Å². The van der Waals surface area contributed by atoms with Crippen LogP contribution in [0.5, 0.6) is 0 Å². The van der Waals surface area contributed by atoms with E-state index in [1.54, 1.807) is 6.07 Å². The Balaban J connectivity index is 1.47. The molecule has 1 aromatic heterocycles. The van der Waals surface area contributed by atoms with Gasteiger partial charge in [0.1, 0.15) is 5.82 Å². The summed E-state index contributed by atoms with van der Waals surface area (Å²) in [4.78, 5) is 12.4. The average Bonchev–Trinajstić information content (AvgIpc) is 2.63. The Morgan fingerprint density at radius 2 is 1.96 bits per heavy atom. The molecule has 0 saturated heterocycles. The van der Waals surface area contributed by atoms with Gasteiger partial charge in [-0.3, -0.25) is 4.79 Å². The van der Waals surface area contributed by atoms with Gasteiger partial charge in [-0.05, 0) is 55.2 Å². The fourth-order valence-corrected chi connectivity index (χ4v) is 4.78. The summed E-state index contributed by atoms with van der Waals surface area (Å²) in [6, 6.07) is 3.57. The minimum Gasteiger partial charge on any atom is -0.367 e. The largest absolute Gasteiger partial charge is 0.367 e. The molecule has 2 aliphatic carbocycles. The van der Waals surface area contributed by atoms with Gasteiger partial charge in [0.05, 0.1) is 0 Å². The second-order valence-electron chi connectivity index (χ2n) is 8.38. The van der Waals surface area contributed by atoms with Crippen LogP contribution in [0, 0.1) is 17.3 Å². The van der Waals surface area contributed by atoms with E-state index in [1.165, 1.54) is 38.5 Å². The van der Waals surface area contributed by atoms with Crippen molar-refractivity contribution in [2.75, 3.05) is 31.5 Å². The van der Waals surface area contributed by atoms with Gasteiger partial charge in [0.25, 0.3) is 5.91 Å². The number of amides is 1. The molecular formula is C20H33N5O. The van der Waals surface area contributed by atoms with Crippen molar-refractivity contribution in [3.8, 4) is 0 Å². The second-order valence-corrected chi connectivity index (χ2v) is 8.38. The zero-order valence-corrected chi connectivity index (χ0v) is 16.2. The maximum absolute atomic E-state index is 12.4. The standard InChI is InChI=1S/C20H33N5O/c1-3-21-9-10-22-18-8-7-17(24-25-18)19(26)23-14-20(2)12-15-5-4-6-16(11-15)13-20/h7-8,15-16,21H,3-6,9-14H2,1-2H3,(H,22,25)(H,23,26). The Morgan fingerprint density at radius 1 is 1.19 bits per heavy atom. The molecule has 26 heavy (non-hydrogen) atoms. The molecule has 0 aromatic carbocycles. The molecular weight excluding hydrogens is 326 g/mol. The monoisotopic (exact) mass is 359 g/mol. The summed E-state index contributed by atoms with van der Waals surface area (Å²) < 4.78 is 0. The van der Waals surface area contributed by atoms with Crippen molar-refractivity contribution in [1.29, 1.82) is 0 Å². The molecule has 2 atom stereocenters. The SMILES string of the molecule is CCNCCNc1ccc(C(=O)NCC2(C)CC3CCCC(C3)C2)nn1. The first kappa shape index (κ1) is 19.1. The van der Waals surface area contributed by atoms with E-state index < -0.39 is 0 Å². The average molecular weight is 360 g/mol. The predicted octanol–water partition coefficient (Wildman–Crippen LogP) is 2.83. The zero-order chi connectivity index (χ0) is 18.4. The van der Waals surface area contributed by atoms with E-state index in [2.05, 4.69) is 40.0 Å². The minimum absolute atomic E-state index is 0.117. The summed E-state index contributed by atoms with van der Waals surface area (Å²) in [6.45, 7) is 7.76.